The van der Waals surface area contributed by atoms with Crippen molar-refractivity contribution in [3.8, 4) is 0 Å². The molecule has 0 aliphatic heterocycles. The van der Waals surface area contributed by atoms with Crippen LogP contribution in [0.25, 0.3) is 0 Å². The van der Waals surface area contributed by atoms with E-state index in [9.17, 15) is 0 Å². The Morgan fingerprint density at radius 1 is 1.08 bits per heavy atom. The highest BCUT2D eigenvalue weighted by atomic mass is 28.3. The van der Waals surface area contributed by atoms with Crippen LogP contribution in [0.5, 0.6) is 0 Å². The first kappa shape index (κ1) is 13.2. The van der Waals surface area contributed by atoms with Crippen LogP contribution in [-0.2, 0) is 4.12 Å². The van der Waals surface area contributed by atoms with Crippen molar-refractivity contribution in [3.63, 3.8) is 0 Å². The molecule has 0 rings (SSSR count). The Morgan fingerprint density at radius 2 is 1.54 bits per heavy atom. The van der Waals surface area contributed by atoms with Gasteiger partial charge in [0.2, 0.25) is 0 Å². The fourth-order valence-electron chi connectivity index (χ4n) is 0.969. The van der Waals surface area contributed by atoms with E-state index in [2.05, 4.69) is 10.6 Å². The molecule has 0 aliphatic rings. The van der Waals surface area contributed by atoms with E-state index in [-0.39, 0.29) is 0 Å². The molecule has 0 aromatic heterocycles. The number of hydrogen-bond acceptors (Lipinski definition) is 5. The van der Waals surface area contributed by atoms with Gasteiger partial charge in [0.1, 0.15) is 10.5 Å². The molecule has 0 radical (unpaired) electrons. The molecule has 0 unspecified atom stereocenters. The Balaban J connectivity index is 3.28. The van der Waals surface area contributed by atoms with E-state index >= 15 is 0 Å². The van der Waals surface area contributed by atoms with Crippen LogP contribution in [0, 0.1) is 0 Å². The zero-order valence-electron chi connectivity index (χ0n) is 8.38. The average Bonchev–Trinajstić information content (AvgIpc) is 2.16. The van der Waals surface area contributed by atoms with E-state index in [0.717, 1.165) is 35.9 Å². The highest BCUT2D eigenvalue weighted by Crippen LogP contribution is 1.78. The van der Waals surface area contributed by atoms with Crippen molar-refractivity contribution in [2.45, 2.75) is 0 Å². The van der Waals surface area contributed by atoms with Crippen molar-refractivity contribution in [3.05, 3.63) is 0 Å². The number of nitrogens with two attached hydrogens (primary N) is 2. The Kier molecular flexibility index (Phi) is 10.5. The van der Waals surface area contributed by atoms with Crippen molar-refractivity contribution in [2.24, 2.45) is 11.5 Å². The van der Waals surface area contributed by atoms with E-state index in [0.29, 0.717) is 13.1 Å². The van der Waals surface area contributed by atoms with Gasteiger partial charge in [0, 0.05) is 38.5 Å². The number of rotatable bonds is 9. The molecule has 0 saturated heterocycles. The lowest BCUT2D eigenvalue weighted by Gasteiger charge is -2.14. The molecule has 80 valence electrons. The quantitative estimate of drug-likeness (QED) is 0.237. The molecule has 0 aromatic rings. The van der Waals surface area contributed by atoms with Gasteiger partial charge in [-0.3, -0.25) is 0 Å². The van der Waals surface area contributed by atoms with Gasteiger partial charge in [0.25, 0.3) is 0 Å². The number of nitrogens with one attached hydrogen (secondary N) is 2. The molecule has 0 amide bonds. The SMILES string of the molecule is NCCNC[SiH](CNCCN)O[SiH3]. The second-order valence-electron chi connectivity index (χ2n) is 2.84. The van der Waals surface area contributed by atoms with Gasteiger partial charge in [-0.25, -0.2) is 0 Å². The predicted octanol–water partition coefficient (Wildman–Crippen LogP) is -3.82. The maximum Gasteiger partial charge on any atom is 0.190 e. The highest BCUT2D eigenvalue weighted by Gasteiger charge is 2.07. The summed E-state index contributed by atoms with van der Waals surface area (Å²) < 4.78 is 5.51. The van der Waals surface area contributed by atoms with E-state index < -0.39 is 9.04 Å². The zero-order valence-corrected chi connectivity index (χ0v) is 11.5. The Hall–Kier alpha value is 0.234. The first-order valence-electron chi connectivity index (χ1n) is 4.69. The zero-order chi connectivity index (χ0) is 9.94. The third-order valence-electron chi connectivity index (χ3n) is 1.72. The summed E-state index contributed by atoms with van der Waals surface area (Å²) in [6, 6.07) is 0. The minimum atomic E-state index is -1.05. The van der Waals surface area contributed by atoms with Crippen molar-refractivity contribution in [1.29, 1.82) is 0 Å². The third kappa shape index (κ3) is 8.56. The summed E-state index contributed by atoms with van der Waals surface area (Å²) in [7, 11) is -0.220. The standard InChI is InChI=1S/C6H22N4OSi2/c7-1-3-9-5-13(11-12)6-10-4-2-8/h9-10,13H,1-8H2,12H3. The second kappa shape index (κ2) is 10.3. The smallest absolute Gasteiger partial charge is 0.190 e. The molecular weight excluding hydrogens is 200 g/mol. The molecule has 0 spiro atoms. The van der Waals surface area contributed by atoms with E-state index in [4.69, 9.17) is 15.6 Å². The van der Waals surface area contributed by atoms with Gasteiger partial charge in [-0.15, -0.1) is 0 Å². The van der Waals surface area contributed by atoms with E-state index in [1.165, 1.54) is 0 Å². The topological polar surface area (TPSA) is 85.3 Å². The van der Waals surface area contributed by atoms with Gasteiger partial charge in [-0.05, 0) is 0 Å². The summed E-state index contributed by atoms with van der Waals surface area (Å²) in [5, 5.41) is 6.55. The molecular formula is C6H22N4OSi2. The predicted molar refractivity (Wildman–Crippen MR) is 62.0 cm³/mol. The molecule has 0 aliphatic carbocycles. The van der Waals surface area contributed by atoms with E-state index in [1.54, 1.807) is 0 Å². The third-order valence-corrected chi connectivity index (χ3v) is 5.87. The van der Waals surface area contributed by atoms with Gasteiger partial charge < -0.3 is 26.2 Å². The lowest BCUT2D eigenvalue weighted by molar-refractivity contribution is 0.591. The average molecular weight is 222 g/mol. The van der Waals surface area contributed by atoms with Crippen LogP contribution in [0.3, 0.4) is 0 Å². The summed E-state index contributed by atoms with van der Waals surface area (Å²) in [6.07, 6.45) is 2.00. The maximum atomic E-state index is 5.51. The van der Waals surface area contributed by atoms with Crippen LogP contribution in [-0.4, -0.2) is 58.0 Å². The molecule has 0 aromatic carbocycles. The molecule has 0 atom stereocenters. The molecule has 0 fully saturated rings. The first-order chi connectivity index (χ1) is 6.35. The summed E-state index contributed by atoms with van der Waals surface area (Å²) in [6.45, 7) is 3.15. The van der Waals surface area contributed by atoms with Crippen LogP contribution >= 0.6 is 0 Å². The fourth-order valence-corrected chi connectivity index (χ4v) is 3.50. The monoisotopic (exact) mass is 222 g/mol. The minimum Gasteiger partial charge on any atom is -0.464 e. The van der Waals surface area contributed by atoms with Crippen LogP contribution in [0.1, 0.15) is 0 Å². The van der Waals surface area contributed by atoms with Crippen molar-refractivity contribution in [2.75, 3.05) is 38.5 Å². The van der Waals surface area contributed by atoms with Gasteiger partial charge in [0.05, 0.1) is 0 Å². The van der Waals surface area contributed by atoms with Crippen LogP contribution < -0.4 is 22.1 Å². The van der Waals surface area contributed by atoms with Gasteiger partial charge in [-0.1, -0.05) is 0 Å². The van der Waals surface area contributed by atoms with Crippen LogP contribution in [0.15, 0.2) is 0 Å². The summed E-state index contributed by atoms with van der Waals surface area (Å²) in [5.41, 5.74) is 10.7. The van der Waals surface area contributed by atoms with Crippen molar-refractivity contribution in [1.82, 2.24) is 10.6 Å². The summed E-state index contributed by atoms with van der Waals surface area (Å²) in [4.78, 5) is 0. The summed E-state index contributed by atoms with van der Waals surface area (Å²) in [5.74, 6) is 0. The second-order valence-corrected chi connectivity index (χ2v) is 6.79. The normalized spacial score (nSPS) is 11.3. The van der Waals surface area contributed by atoms with Crippen LogP contribution in [0.4, 0.5) is 0 Å². The van der Waals surface area contributed by atoms with Crippen molar-refractivity contribution < 1.29 is 4.12 Å². The minimum absolute atomic E-state index is 0.693. The lowest BCUT2D eigenvalue weighted by Crippen LogP contribution is -2.43. The maximum absolute atomic E-state index is 5.51. The molecule has 0 bridgehead atoms. The molecule has 13 heavy (non-hydrogen) atoms. The highest BCUT2D eigenvalue weighted by molar-refractivity contribution is 6.56. The fraction of sp³-hybridized carbons (Fsp3) is 1.00. The molecule has 6 N–H and O–H groups in total. The molecule has 0 saturated carbocycles. The van der Waals surface area contributed by atoms with Crippen molar-refractivity contribution >= 4 is 19.5 Å². The van der Waals surface area contributed by atoms with Gasteiger partial charge in [0.15, 0.2) is 9.04 Å². The molecule has 0 heterocycles. The summed E-state index contributed by atoms with van der Waals surface area (Å²) >= 11 is 0. The first-order valence-corrected chi connectivity index (χ1v) is 7.61. The number of hydrogen-bond donors (Lipinski definition) is 4. The lowest BCUT2D eigenvalue weighted by atomic mass is 10.7. The Bertz CT molecular complexity index is 98.6. The largest absolute Gasteiger partial charge is 0.464 e. The Morgan fingerprint density at radius 3 is 1.85 bits per heavy atom. The van der Waals surface area contributed by atoms with Gasteiger partial charge in [-0.2, -0.15) is 0 Å². The molecule has 5 nitrogen and oxygen atoms in total. The Labute approximate surface area is 84.9 Å². The van der Waals surface area contributed by atoms with Gasteiger partial charge >= 0.3 is 0 Å². The molecule has 7 heteroatoms. The van der Waals surface area contributed by atoms with E-state index in [1.807, 2.05) is 0 Å². The van der Waals surface area contributed by atoms with Crippen LogP contribution in [0.2, 0.25) is 0 Å².